The monoisotopic (exact) mass is 280 g/mol. The molecule has 0 aromatic rings. The molecule has 0 radical (unpaired) electrons. The van der Waals surface area contributed by atoms with Gasteiger partial charge in [0.2, 0.25) is 5.91 Å². The van der Waals surface area contributed by atoms with Gasteiger partial charge in [-0.05, 0) is 33.1 Å². The number of aliphatic imine (C=N–C) groups is 1. The summed E-state index contributed by atoms with van der Waals surface area (Å²) in [6.07, 6.45) is 5.65. The summed E-state index contributed by atoms with van der Waals surface area (Å²) in [7, 11) is 0. The Kier molecular flexibility index (Phi) is 5.68. The highest BCUT2D eigenvalue weighted by atomic mass is 16.2. The molecule has 1 aliphatic carbocycles. The second-order valence-corrected chi connectivity index (χ2v) is 5.75. The lowest BCUT2D eigenvalue weighted by Crippen LogP contribution is -2.45. The maximum absolute atomic E-state index is 12.4. The van der Waals surface area contributed by atoms with Crippen LogP contribution in [-0.2, 0) is 4.79 Å². The molecule has 2 aliphatic rings. The highest BCUT2D eigenvalue weighted by Crippen LogP contribution is 2.27. The molecule has 2 rings (SSSR count). The van der Waals surface area contributed by atoms with Gasteiger partial charge in [0.05, 0.1) is 0 Å². The largest absolute Gasteiger partial charge is 0.357 e. The minimum Gasteiger partial charge on any atom is -0.357 e. The first kappa shape index (κ1) is 15.1. The number of rotatable bonds is 4. The van der Waals surface area contributed by atoms with Crippen LogP contribution in [0.1, 0.15) is 46.0 Å². The smallest absolute Gasteiger partial charge is 0.225 e. The first-order valence-electron chi connectivity index (χ1n) is 8.08. The van der Waals surface area contributed by atoms with Gasteiger partial charge in [-0.25, -0.2) is 0 Å². The molecule has 1 unspecified atom stereocenters. The summed E-state index contributed by atoms with van der Waals surface area (Å²) in [5.74, 6) is 1.55. The second-order valence-electron chi connectivity index (χ2n) is 5.75. The van der Waals surface area contributed by atoms with Crippen LogP contribution in [0, 0.1) is 5.92 Å². The first-order valence-corrected chi connectivity index (χ1v) is 8.08. The predicted octanol–water partition coefficient (Wildman–Crippen LogP) is 1.35. The lowest BCUT2D eigenvalue weighted by molar-refractivity contribution is -0.134. The zero-order valence-electron chi connectivity index (χ0n) is 12.8. The van der Waals surface area contributed by atoms with Crippen LogP contribution in [0.4, 0.5) is 0 Å². The summed E-state index contributed by atoms with van der Waals surface area (Å²) in [5.41, 5.74) is 0. The van der Waals surface area contributed by atoms with Crippen molar-refractivity contribution in [3.05, 3.63) is 0 Å². The standard InChI is InChI=1S/C15H28N4O/c1-3-16-15(17-4-2)18-13-9-10-19(11-13)14(20)12-7-5-6-8-12/h12-13H,3-11H2,1-2H3,(H2,16,17,18). The van der Waals surface area contributed by atoms with Crippen LogP contribution < -0.4 is 10.6 Å². The Hall–Kier alpha value is -1.26. The Morgan fingerprint density at radius 1 is 1.25 bits per heavy atom. The zero-order chi connectivity index (χ0) is 14.4. The second kappa shape index (κ2) is 7.50. The maximum atomic E-state index is 12.4. The van der Waals surface area contributed by atoms with E-state index in [9.17, 15) is 4.79 Å². The van der Waals surface area contributed by atoms with Crippen molar-refractivity contribution >= 4 is 11.9 Å². The number of hydrogen-bond donors (Lipinski definition) is 2. The molecule has 1 aliphatic heterocycles. The molecule has 114 valence electrons. The molecule has 2 N–H and O–H groups in total. The van der Waals surface area contributed by atoms with E-state index < -0.39 is 0 Å². The van der Waals surface area contributed by atoms with Crippen molar-refractivity contribution in [2.45, 2.75) is 52.0 Å². The van der Waals surface area contributed by atoms with E-state index in [1.165, 1.54) is 12.8 Å². The Morgan fingerprint density at radius 2 is 2.00 bits per heavy atom. The zero-order valence-corrected chi connectivity index (χ0v) is 12.8. The lowest BCUT2D eigenvalue weighted by atomic mass is 10.1. The summed E-state index contributed by atoms with van der Waals surface area (Å²) in [4.78, 5) is 18.8. The van der Waals surface area contributed by atoms with Crippen molar-refractivity contribution in [3.8, 4) is 0 Å². The van der Waals surface area contributed by atoms with Crippen molar-refractivity contribution in [1.82, 2.24) is 15.5 Å². The van der Waals surface area contributed by atoms with Gasteiger partial charge in [0.1, 0.15) is 0 Å². The SMILES string of the molecule is CCN=C(NCC)NC1CCN(C(=O)C2CCCC2)C1. The minimum absolute atomic E-state index is 0.297. The summed E-state index contributed by atoms with van der Waals surface area (Å²) < 4.78 is 0. The summed E-state index contributed by atoms with van der Waals surface area (Å²) in [5, 5.41) is 6.68. The highest BCUT2D eigenvalue weighted by Gasteiger charge is 2.32. The van der Waals surface area contributed by atoms with E-state index in [-0.39, 0.29) is 0 Å². The fraction of sp³-hybridized carbons (Fsp3) is 0.867. The van der Waals surface area contributed by atoms with Crippen LogP contribution in [0.3, 0.4) is 0 Å². The molecule has 0 aromatic heterocycles. The van der Waals surface area contributed by atoms with Crippen LogP contribution in [-0.4, -0.2) is 49.0 Å². The van der Waals surface area contributed by atoms with E-state index in [1.807, 2.05) is 11.8 Å². The molecule has 5 heteroatoms. The van der Waals surface area contributed by atoms with Gasteiger partial charge < -0.3 is 15.5 Å². The van der Waals surface area contributed by atoms with Gasteiger partial charge in [-0.3, -0.25) is 9.79 Å². The summed E-state index contributed by atoms with van der Waals surface area (Å²) in [6, 6.07) is 0.338. The fourth-order valence-corrected chi connectivity index (χ4v) is 3.18. The van der Waals surface area contributed by atoms with E-state index in [1.54, 1.807) is 0 Å². The number of amides is 1. The van der Waals surface area contributed by atoms with Gasteiger partial charge >= 0.3 is 0 Å². The van der Waals surface area contributed by atoms with Crippen LogP contribution in [0.2, 0.25) is 0 Å². The number of nitrogens with zero attached hydrogens (tertiary/aromatic N) is 2. The molecule has 1 saturated carbocycles. The molecule has 1 saturated heterocycles. The molecular weight excluding hydrogens is 252 g/mol. The van der Waals surface area contributed by atoms with Gasteiger partial charge in [0.25, 0.3) is 0 Å². The Morgan fingerprint density at radius 3 is 2.65 bits per heavy atom. The van der Waals surface area contributed by atoms with Crippen LogP contribution in [0.15, 0.2) is 4.99 Å². The summed E-state index contributed by atoms with van der Waals surface area (Å²) in [6.45, 7) is 7.44. The predicted molar refractivity (Wildman–Crippen MR) is 81.7 cm³/mol. The summed E-state index contributed by atoms with van der Waals surface area (Å²) >= 11 is 0. The van der Waals surface area contributed by atoms with Crippen LogP contribution in [0.25, 0.3) is 0 Å². The average Bonchev–Trinajstić information content (AvgIpc) is 3.10. The van der Waals surface area contributed by atoms with Gasteiger partial charge in [0.15, 0.2) is 5.96 Å². The van der Waals surface area contributed by atoms with E-state index in [2.05, 4.69) is 22.5 Å². The van der Waals surface area contributed by atoms with Gasteiger partial charge in [-0.15, -0.1) is 0 Å². The van der Waals surface area contributed by atoms with Crippen molar-refractivity contribution in [3.63, 3.8) is 0 Å². The fourth-order valence-electron chi connectivity index (χ4n) is 3.18. The maximum Gasteiger partial charge on any atom is 0.225 e. The quantitative estimate of drug-likeness (QED) is 0.604. The molecule has 0 aromatic carbocycles. The van der Waals surface area contributed by atoms with Crippen molar-refractivity contribution in [1.29, 1.82) is 0 Å². The minimum atomic E-state index is 0.297. The number of hydrogen-bond acceptors (Lipinski definition) is 2. The van der Waals surface area contributed by atoms with Gasteiger partial charge in [-0.2, -0.15) is 0 Å². The Balaban J connectivity index is 1.82. The van der Waals surface area contributed by atoms with E-state index in [0.29, 0.717) is 17.9 Å². The van der Waals surface area contributed by atoms with Crippen molar-refractivity contribution < 1.29 is 4.79 Å². The molecular formula is C15H28N4O. The van der Waals surface area contributed by atoms with Gasteiger partial charge in [-0.1, -0.05) is 12.8 Å². The molecule has 5 nitrogen and oxygen atoms in total. The average molecular weight is 280 g/mol. The van der Waals surface area contributed by atoms with E-state index >= 15 is 0 Å². The third kappa shape index (κ3) is 3.87. The number of likely N-dealkylation sites (tertiary alicyclic amines) is 1. The molecule has 0 bridgehead atoms. The third-order valence-corrected chi connectivity index (χ3v) is 4.21. The number of guanidine groups is 1. The Bertz CT molecular complexity index is 350. The van der Waals surface area contributed by atoms with Crippen LogP contribution in [0.5, 0.6) is 0 Å². The number of carbonyl (C=O) groups excluding carboxylic acids is 1. The molecule has 1 heterocycles. The molecule has 1 amide bonds. The van der Waals surface area contributed by atoms with Crippen LogP contribution >= 0.6 is 0 Å². The number of nitrogens with one attached hydrogen (secondary N) is 2. The molecule has 0 spiro atoms. The number of carbonyl (C=O) groups is 1. The normalized spacial score (nSPS) is 24.2. The van der Waals surface area contributed by atoms with Crippen molar-refractivity contribution in [2.75, 3.05) is 26.2 Å². The highest BCUT2D eigenvalue weighted by molar-refractivity contribution is 5.81. The van der Waals surface area contributed by atoms with E-state index in [4.69, 9.17) is 0 Å². The molecule has 2 fully saturated rings. The van der Waals surface area contributed by atoms with Gasteiger partial charge in [0, 0.05) is 38.1 Å². The van der Waals surface area contributed by atoms with E-state index in [0.717, 1.165) is 51.4 Å². The Labute approximate surface area is 122 Å². The molecule has 1 atom stereocenters. The third-order valence-electron chi connectivity index (χ3n) is 4.21. The lowest BCUT2D eigenvalue weighted by Gasteiger charge is -2.21. The molecule has 20 heavy (non-hydrogen) atoms. The first-order chi connectivity index (χ1) is 9.74. The van der Waals surface area contributed by atoms with Crippen molar-refractivity contribution in [2.24, 2.45) is 10.9 Å². The topological polar surface area (TPSA) is 56.7 Å².